The molecule has 0 spiro atoms. The first kappa shape index (κ1) is 20.9. The molecule has 162 valence electrons. The SMILES string of the molecule is CCCn1nc2c(N)nc3c(CCC4CCN(S(C)(=O)=O)CC4)cccc3c2c1N. The van der Waals surface area contributed by atoms with Crippen molar-refractivity contribution in [3.8, 4) is 0 Å². The number of nitrogens with two attached hydrogens (primary N) is 2. The van der Waals surface area contributed by atoms with Crippen molar-refractivity contribution in [2.45, 2.75) is 45.6 Å². The second-order valence-electron chi connectivity index (χ2n) is 8.29. The van der Waals surface area contributed by atoms with Gasteiger partial charge in [0.25, 0.3) is 0 Å². The lowest BCUT2D eigenvalue weighted by molar-refractivity contribution is 0.265. The second kappa shape index (κ2) is 8.03. The van der Waals surface area contributed by atoms with Crippen LogP contribution in [0.3, 0.4) is 0 Å². The molecule has 2 aromatic heterocycles. The van der Waals surface area contributed by atoms with Gasteiger partial charge >= 0.3 is 0 Å². The van der Waals surface area contributed by atoms with Gasteiger partial charge < -0.3 is 11.5 Å². The van der Waals surface area contributed by atoms with Crippen LogP contribution in [0.15, 0.2) is 18.2 Å². The van der Waals surface area contributed by atoms with Crippen LogP contribution in [0.25, 0.3) is 21.8 Å². The van der Waals surface area contributed by atoms with Gasteiger partial charge in [0.1, 0.15) is 11.3 Å². The summed E-state index contributed by atoms with van der Waals surface area (Å²) in [5.74, 6) is 1.56. The van der Waals surface area contributed by atoms with Crippen molar-refractivity contribution < 1.29 is 8.42 Å². The number of aryl methyl sites for hydroxylation is 2. The van der Waals surface area contributed by atoms with E-state index in [-0.39, 0.29) is 0 Å². The van der Waals surface area contributed by atoms with Crippen LogP contribution >= 0.6 is 0 Å². The van der Waals surface area contributed by atoms with Crippen molar-refractivity contribution in [1.82, 2.24) is 19.1 Å². The Bertz CT molecular complexity index is 1180. The zero-order valence-electron chi connectivity index (χ0n) is 17.6. The van der Waals surface area contributed by atoms with Crippen LogP contribution < -0.4 is 11.5 Å². The van der Waals surface area contributed by atoms with Crippen molar-refractivity contribution in [3.63, 3.8) is 0 Å². The summed E-state index contributed by atoms with van der Waals surface area (Å²) in [6.45, 7) is 4.05. The molecule has 1 aliphatic heterocycles. The highest BCUT2D eigenvalue weighted by Crippen LogP contribution is 2.34. The number of fused-ring (bicyclic) bond motifs is 3. The van der Waals surface area contributed by atoms with Crippen LogP contribution in [0.1, 0.15) is 38.2 Å². The number of pyridine rings is 1. The Hall–Kier alpha value is -2.39. The van der Waals surface area contributed by atoms with Gasteiger partial charge in [0.05, 0.1) is 17.2 Å². The lowest BCUT2D eigenvalue weighted by atomic mass is 9.90. The number of piperidine rings is 1. The van der Waals surface area contributed by atoms with Crippen LogP contribution in [0.4, 0.5) is 11.6 Å². The standard InChI is InChI=1S/C21H30N6O2S/c1-3-11-27-21(23)17-16-6-4-5-15(18(16)24-20(22)19(17)25-27)8-7-14-9-12-26(13-10-14)30(2,28)29/h4-6,14H,3,7-13,23H2,1-2H3,(H2,22,24). The summed E-state index contributed by atoms with van der Waals surface area (Å²) in [4.78, 5) is 4.69. The van der Waals surface area contributed by atoms with E-state index in [1.54, 1.807) is 4.31 Å². The first-order chi connectivity index (χ1) is 14.3. The quantitative estimate of drug-likeness (QED) is 0.620. The number of rotatable bonds is 6. The molecule has 3 heterocycles. The Morgan fingerprint density at radius 2 is 1.90 bits per heavy atom. The van der Waals surface area contributed by atoms with Gasteiger partial charge in [-0.25, -0.2) is 22.4 Å². The topological polar surface area (TPSA) is 120 Å². The van der Waals surface area contributed by atoms with E-state index in [4.69, 9.17) is 11.5 Å². The normalized spacial score (nSPS) is 16.6. The fraction of sp³-hybridized carbons (Fsp3) is 0.524. The maximum Gasteiger partial charge on any atom is 0.211 e. The van der Waals surface area contributed by atoms with Crippen LogP contribution in [-0.4, -0.2) is 46.8 Å². The molecule has 1 aromatic carbocycles. The molecule has 0 amide bonds. The number of aromatic nitrogens is 3. The minimum Gasteiger partial charge on any atom is -0.383 e. The first-order valence-corrected chi connectivity index (χ1v) is 12.4. The molecule has 1 saturated heterocycles. The number of benzene rings is 1. The van der Waals surface area contributed by atoms with Crippen LogP contribution in [0.2, 0.25) is 0 Å². The van der Waals surface area contributed by atoms with E-state index in [9.17, 15) is 8.42 Å². The molecule has 0 saturated carbocycles. The summed E-state index contributed by atoms with van der Waals surface area (Å²) in [5, 5.41) is 6.45. The lowest BCUT2D eigenvalue weighted by Gasteiger charge is -2.30. The molecule has 0 bridgehead atoms. The number of nitrogens with zero attached hydrogens (tertiary/aromatic N) is 4. The largest absolute Gasteiger partial charge is 0.383 e. The molecule has 8 nitrogen and oxygen atoms in total. The predicted octanol–water partition coefficient (Wildman–Crippen LogP) is 2.76. The number of sulfonamides is 1. The van der Waals surface area contributed by atoms with E-state index >= 15 is 0 Å². The third-order valence-corrected chi connectivity index (χ3v) is 7.46. The molecule has 30 heavy (non-hydrogen) atoms. The van der Waals surface area contributed by atoms with Crippen molar-refractivity contribution in [3.05, 3.63) is 23.8 Å². The number of nitrogen functional groups attached to an aromatic ring is 2. The lowest BCUT2D eigenvalue weighted by Crippen LogP contribution is -2.37. The predicted molar refractivity (Wildman–Crippen MR) is 122 cm³/mol. The summed E-state index contributed by atoms with van der Waals surface area (Å²) in [6, 6.07) is 6.17. The molecule has 0 aliphatic carbocycles. The average Bonchev–Trinajstić information content (AvgIpc) is 3.04. The molecular formula is C21H30N6O2S. The number of para-hydroxylation sites is 1. The maximum absolute atomic E-state index is 11.7. The van der Waals surface area contributed by atoms with Gasteiger partial charge in [-0.05, 0) is 43.6 Å². The Morgan fingerprint density at radius 1 is 1.17 bits per heavy atom. The molecule has 0 atom stereocenters. The number of hydrogen-bond donors (Lipinski definition) is 2. The molecular weight excluding hydrogens is 400 g/mol. The van der Waals surface area contributed by atoms with Gasteiger partial charge in [0.15, 0.2) is 5.82 Å². The smallest absolute Gasteiger partial charge is 0.211 e. The summed E-state index contributed by atoms with van der Waals surface area (Å²) in [5.41, 5.74) is 15.4. The van der Waals surface area contributed by atoms with Gasteiger partial charge in [-0.2, -0.15) is 5.10 Å². The van der Waals surface area contributed by atoms with Crippen LogP contribution in [0, 0.1) is 5.92 Å². The zero-order valence-corrected chi connectivity index (χ0v) is 18.5. The third kappa shape index (κ3) is 3.83. The Kier molecular flexibility index (Phi) is 5.59. The minimum absolute atomic E-state index is 0.410. The molecule has 9 heteroatoms. The summed E-state index contributed by atoms with van der Waals surface area (Å²) in [7, 11) is -3.09. The third-order valence-electron chi connectivity index (χ3n) is 6.16. The fourth-order valence-electron chi connectivity index (χ4n) is 4.49. The van der Waals surface area contributed by atoms with Crippen molar-refractivity contribution >= 4 is 43.5 Å². The maximum atomic E-state index is 11.7. The van der Waals surface area contributed by atoms with Crippen LogP contribution in [-0.2, 0) is 23.0 Å². The highest BCUT2D eigenvalue weighted by Gasteiger charge is 2.25. The van der Waals surface area contributed by atoms with E-state index in [0.717, 1.165) is 60.5 Å². The molecule has 4 N–H and O–H groups in total. The molecule has 0 radical (unpaired) electrons. The zero-order chi connectivity index (χ0) is 21.5. The Labute approximate surface area is 177 Å². The Balaban J connectivity index is 1.60. The van der Waals surface area contributed by atoms with Gasteiger partial charge in [-0.1, -0.05) is 25.1 Å². The first-order valence-electron chi connectivity index (χ1n) is 10.6. The van der Waals surface area contributed by atoms with E-state index in [1.807, 2.05) is 16.8 Å². The summed E-state index contributed by atoms with van der Waals surface area (Å²) >= 11 is 0. The van der Waals surface area contributed by atoms with E-state index < -0.39 is 10.0 Å². The molecule has 4 rings (SSSR count). The Morgan fingerprint density at radius 3 is 2.57 bits per heavy atom. The second-order valence-corrected chi connectivity index (χ2v) is 10.3. The average molecular weight is 431 g/mol. The van der Waals surface area contributed by atoms with E-state index in [2.05, 4.69) is 23.1 Å². The summed E-state index contributed by atoms with van der Waals surface area (Å²) in [6.07, 6.45) is 5.90. The summed E-state index contributed by atoms with van der Waals surface area (Å²) < 4.78 is 26.8. The highest BCUT2D eigenvalue weighted by molar-refractivity contribution is 7.88. The monoisotopic (exact) mass is 430 g/mol. The van der Waals surface area contributed by atoms with Crippen molar-refractivity contribution in [1.29, 1.82) is 0 Å². The molecule has 1 aliphatic rings. The molecule has 1 fully saturated rings. The number of anilines is 2. The highest BCUT2D eigenvalue weighted by atomic mass is 32.2. The van der Waals surface area contributed by atoms with Gasteiger partial charge in [0.2, 0.25) is 10.0 Å². The van der Waals surface area contributed by atoms with E-state index in [0.29, 0.717) is 36.2 Å². The minimum atomic E-state index is -3.09. The van der Waals surface area contributed by atoms with Gasteiger partial charge in [0, 0.05) is 25.0 Å². The van der Waals surface area contributed by atoms with Crippen LogP contribution in [0.5, 0.6) is 0 Å². The molecule has 0 unspecified atom stereocenters. The van der Waals surface area contributed by atoms with Gasteiger partial charge in [-0.15, -0.1) is 0 Å². The van der Waals surface area contributed by atoms with E-state index in [1.165, 1.54) is 6.26 Å². The van der Waals surface area contributed by atoms with Crippen molar-refractivity contribution in [2.24, 2.45) is 5.92 Å². The van der Waals surface area contributed by atoms with Gasteiger partial charge in [-0.3, -0.25) is 0 Å². The van der Waals surface area contributed by atoms with Crippen molar-refractivity contribution in [2.75, 3.05) is 30.8 Å². The number of hydrogen-bond acceptors (Lipinski definition) is 6. The molecule has 3 aromatic rings. The fourth-order valence-corrected chi connectivity index (χ4v) is 5.37.